The van der Waals surface area contributed by atoms with Gasteiger partial charge in [0.1, 0.15) is 16.9 Å². The van der Waals surface area contributed by atoms with Gasteiger partial charge >= 0.3 is 0 Å². The van der Waals surface area contributed by atoms with Crippen molar-refractivity contribution in [1.82, 2.24) is 15.0 Å². The van der Waals surface area contributed by atoms with Crippen molar-refractivity contribution in [1.29, 1.82) is 0 Å². The highest BCUT2D eigenvalue weighted by molar-refractivity contribution is 6.10. The molecule has 1 aliphatic carbocycles. The third-order valence-electron chi connectivity index (χ3n) is 10.9. The standard InChI is InChI=1S/C52H38N4O2/c1-3-39(56(40-31-29-36(30-32-40)35-17-7-4-8-18-35)44-26-15-24-42-41-23-13-14-27-45(41)58-49(42)44)33-47-34(2)48-43(25-16-28-46(48)57-47)52-54-50(37-19-9-5-10-20-37)53-51(55-52)38-21-11-6-12-22-38/h3-17,19-33,35H,1,18H2,2H3/b39-33+. The summed E-state index contributed by atoms with van der Waals surface area (Å²) in [6, 6.07) is 49.4. The number of anilines is 2. The lowest BCUT2D eigenvalue weighted by Gasteiger charge is -2.27. The number of para-hydroxylation sites is 2. The lowest BCUT2D eigenvalue weighted by Crippen LogP contribution is -2.15. The van der Waals surface area contributed by atoms with Gasteiger partial charge in [0.25, 0.3) is 0 Å². The number of hydrogen-bond acceptors (Lipinski definition) is 6. The summed E-state index contributed by atoms with van der Waals surface area (Å²) >= 11 is 0. The minimum atomic E-state index is 0.338. The summed E-state index contributed by atoms with van der Waals surface area (Å²) in [6.45, 7) is 6.43. The molecule has 1 aliphatic rings. The molecule has 1 unspecified atom stereocenters. The lowest BCUT2D eigenvalue weighted by atomic mass is 9.92. The molecule has 1 atom stereocenters. The topological polar surface area (TPSA) is 68.2 Å². The lowest BCUT2D eigenvalue weighted by molar-refractivity contribution is 0.600. The molecule has 6 aromatic carbocycles. The van der Waals surface area contributed by atoms with Crippen LogP contribution in [0.5, 0.6) is 0 Å². The summed E-state index contributed by atoms with van der Waals surface area (Å²) in [5.74, 6) is 2.83. The van der Waals surface area contributed by atoms with Crippen molar-refractivity contribution in [2.45, 2.75) is 19.3 Å². The Balaban J connectivity index is 1.13. The van der Waals surface area contributed by atoms with E-state index in [-0.39, 0.29) is 0 Å². The molecule has 0 radical (unpaired) electrons. The number of aryl methyl sites for hydroxylation is 1. The zero-order valence-electron chi connectivity index (χ0n) is 31.9. The summed E-state index contributed by atoms with van der Waals surface area (Å²) < 4.78 is 13.3. The fourth-order valence-electron chi connectivity index (χ4n) is 7.96. The Hall–Kier alpha value is -7.57. The van der Waals surface area contributed by atoms with E-state index in [1.165, 1.54) is 5.56 Å². The highest BCUT2D eigenvalue weighted by Gasteiger charge is 2.23. The molecule has 3 aromatic heterocycles. The summed E-state index contributed by atoms with van der Waals surface area (Å²) in [6.07, 6.45) is 13.6. The number of rotatable bonds is 9. The van der Waals surface area contributed by atoms with E-state index in [2.05, 4.69) is 103 Å². The molecule has 0 aliphatic heterocycles. The molecule has 0 bridgehead atoms. The van der Waals surface area contributed by atoms with Crippen LogP contribution in [0.4, 0.5) is 11.4 Å². The van der Waals surface area contributed by atoms with Gasteiger partial charge < -0.3 is 13.7 Å². The summed E-state index contributed by atoms with van der Waals surface area (Å²) in [4.78, 5) is 17.2. The van der Waals surface area contributed by atoms with Crippen LogP contribution in [0.15, 0.2) is 197 Å². The maximum Gasteiger partial charge on any atom is 0.164 e. The van der Waals surface area contributed by atoms with Crippen molar-refractivity contribution in [2.75, 3.05) is 4.90 Å². The van der Waals surface area contributed by atoms with Crippen LogP contribution in [0.1, 0.15) is 29.2 Å². The number of nitrogens with zero attached hydrogens (tertiary/aromatic N) is 4. The molecule has 6 nitrogen and oxygen atoms in total. The molecule has 58 heavy (non-hydrogen) atoms. The van der Waals surface area contributed by atoms with Crippen LogP contribution in [0.25, 0.3) is 73.1 Å². The van der Waals surface area contributed by atoms with Crippen molar-refractivity contribution in [3.05, 3.63) is 205 Å². The maximum absolute atomic E-state index is 6.72. The Bertz CT molecular complexity index is 3010. The van der Waals surface area contributed by atoms with Crippen LogP contribution in [0.2, 0.25) is 0 Å². The van der Waals surface area contributed by atoms with Crippen molar-refractivity contribution in [3.63, 3.8) is 0 Å². The predicted octanol–water partition coefficient (Wildman–Crippen LogP) is 13.8. The third-order valence-corrected chi connectivity index (χ3v) is 10.9. The van der Waals surface area contributed by atoms with Gasteiger partial charge in [0.2, 0.25) is 0 Å². The molecule has 9 aromatic rings. The molecule has 0 N–H and O–H groups in total. The smallest absolute Gasteiger partial charge is 0.164 e. The Morgan fingerprint density at radius 2 is 1.31 bits per heavy atom. The van der Waals surface area contributed by atoms with Crippen molar-refractivity contribution >= 4 is 50.4 Å². The normalized spacial score (nSPS) is 14.1. The molecule has 278 valence electrons. The minimum Gasteiger partial charge on any atom is -0.456 e. The van der Waals surface area contributed by atoms with Gasteiger partial charge in [0.05, 0.1) is 5.69 Å². The summed E-state index contributed by atoms with van der Waals surface area (Å²) in [5, 5.41) is 3.05. The molecule has 0 spiro atoms. The molecule has 6 heteroatoms. The van der Waals surface area contributed by atoms with Gasteiger partial charge in [-0.1, -0.05) is 146 Å². The number of fused-ring (bicyclic) bond motifs is 4. The van der Waals surface area contributed by atoms with E-state index < -0.39 is 0 Å². The second-order valence-corrected chi connectivity index (χ2v) is 14.4. The average molecular weight is 751 g/mol. The van der Waals surface area contributed by atoms with Crippen LogP contribution in [0, 0.1) is 6.92 Å². The third kappa shape index (κ3) is 6.31. The van der Waals surface area contributed by atoms with Crippen LogP contribution < -0.4 is 4.90 Å². The van der Waals surface area contributed by atoms with Crippen molar-refractivity contribution in [2.24, 2.45) is 0 Å². The quantitative estimate of drug-likeness (QED) is 0.137. The first kappa shape index (κ1) is 34.9. The van der Waals surface area contributed by atoms with E-state index >= 15 is 0 Å². The zero-order chi connectivity index (χ0) is 39.0. The Kier molecular flexibility index (Phi) is 8.92. The Morgan fingerprint density at radius 1 is 0.655 bits per heavy atom. The van der Waals surface area contributed by atoms with Crippen LogP contribution in [-0.4, -0.2) is 15.0 Å². The van der Waals surface area contributed by atoms with E-state index in [0.29, 0.717) is 29.2 Å². The minimum absolute atomic E-state index is 0.338. The molecule has 0 saturated heterocycles. The first-order valence-electron chi connectivity index (χ1n) is 19.5. The predicted molar refractivity (Wildman–Crippen MR) is 237 cm³/mol. The molecular weight excluding hydrogens is 713 g/mol. The van der Waals surface area contributed by atoms with E-state index in [1.807, 2.05) is 97.1 Å². The zero-order valence-corrected chi connectivity index (χ0v) is 31.9. The molecule has 0 amide bonds. The average Bonchev–Trinajstić information content (AvgIpc) is 3.84. The van der Waals surface area contributed by atoms with Gasteiger partial charge in [-0.3, -0.25) is 0 Å². The Morgan fingerprint density at radius 3 is 2.02 bits per heavy atom. The number of aromatic nitrogens is 3. The number of hydrogen-bond donors (Lipinski definition) is 0. The maximum atomic E-state index is 6.72. The molecular formula is C52H38N4O2. The second-order valence-electron chi connectivity index (χ2n) is 14.4. The summed E-state index contributed by atoms with van der Waals surface area (Å²) in [5.41, 5.74) is 9.98. The molecule has 3 heterocycles. The van der Waals surface area contributed by atoms with Gasteiger partial charge in [-0.25, -0.2) is 15.0 Å². The van der Waals surface area contributed by atoms with E-state index in [9.17, 15) is 0 Å². The van der Waals surface area contributed by atoms with Gasteiger partial charge in [0, 0.05) is 61.8 Å². The molecule has 10 rings (SSSR count). The largest absolute Gasteiger partial charge is 0.456 e. The SMILES string of the molecule is C=C/C(=C\c1oc2cccc(-c3nc(-c4ccccc4)nc(-c4ccccc4)n3)c2c1C)N(c1ccc(C2C=CC=CC2)cc1)c1cccc2c1oc1ccccc12. The number of furan rings is 2. The van der Waals surface area contributed by atoms with Gasteiger partial charge in [0.15, 0.2) is 23.1 Å². The summed E-state index contributed by atoms with van der Waals surface area (Å²) in [7, 11) is 0. The van der Waals surface area contributed by atoms with E-state index in [4.69, 9.17) is 23.8 Å². The molecule has 0 fully saturated rings. The van der Waals surface area contributed by atoms with E-state index in [0.717, 1.165) is 78.7 Å². The number of benzene rings is 6. The van der Waals surface area contributed by atoms with E-state index in [1.54, 1.807) is 0 Å². The second kappa shape index (κ2) is 14.8. The number of allylic oxidation sites excluding steroid dienone is 5. The fourth-order valence-corrected chi connectivity index (χ4v) is 7.96. The highest BCUT2D eigenvalue weighted by Crippen LogP contribution is 2.42. The first-order chi connectivity index (χ1) is 28.6. The fraction of sp³-hybridized carbons (Fsp3) is 0.0577. The molecule has 0 saturated carbocycles. The van der Waals surface area contributed by atoms with Gasteiger partial charge in [-0.2, -0.15) is 0 Å². The van der Waals surface area contributed by atoms with Gasteiger partial charge in [-0.15, -0.1) is 0 Å². The first-order valence-corrected chi connectivity index (χ1v) is 19.5. The van der Waals surface area contributed by atoms with Gasteiger partial charge in [-0.05, 0) is 55.3 Å². The highest BCUT2D eigenvalue weighted by atomic mass is 16.3. The van der Waals surface area contributed by atoms with Crippen molar-refractivity contribution < 1.29 is 8.83 Å². The van der Waals surface area contributed by atoms with Crippen LogP contribution in [0.3, 0.4) is 0 Å². The monoisotopic (exact) mass is 750 g/mol. The van der Waals surface area contributed by atoms with Crippen LogP contribution in [-0.2, 0) is 0 Å². The Labute approximate surface area is 336 Å². The van der Waals surface area contributed by atoms with Crippen LogP contribution >= 0.6 is 0 Å². The van der Waals surface area contributed by atoms with Crippen molar-refractivity contribution in [3.8, 4) is 34.2 Å².